The molecule has 0 saturated heterocycles. The van der Waals surface area contributed by atoms with E-state index in [-0.39, 0.29) is 18.4 Å². The molecule has 1 aromatic carbocycles. The van der Waals surface area contributed by atoms with Crippen molar-refractivity contribution < 1.29 is 24.5 Å². The van der Waals surface area contributed by atoms with Gasteiger partial charge >= 0.3 is 0 Å². The van der Waals surface area contributed by atoms with Crippen molar-refractivity contribution in [3.63, 3.8) is 0 Å². The Morgan fingerprint density at radius 1 is 1.31 bits per heavy atom. The average molecular weight is 416 g/mol. The minimum absolute atomic E-state index is 0.155. The third kappa shape index (κ3) is 5.99. The first kappa shape index (κ1) is 22.8. The lowest BCUT2D eigenvalue weighted by atomic mass is 10.0. The first-order valence-electron chi connectivity index (χ1n) is 9.01. The van der Waals surface area contributed by atoms with Crippen molar-refractivity contribution in [2.24, 2.45) is 11.8 Å². The summed E-state index contributed by atoms with van der Waals surface area (Å²) in [5.74, 6) is 10.5. The number of aliphatic hydroxyl groups excluding tert-OH is 1. The Balaban J connectivity index is 2.05. The van der Waals surface area contributed by atoms with E-state index in [4.69, 9.17) is 10.3 Å². The summed E-state index contributed by atoms with van der Waals surface area (Å²) in [6.45, 7) is 3.28. The highest BCUT2D eigenvalue weighted by Crippen LogP contribution is 2.36. The van der Waals surface area contributed by atoms with Gasteiger partial charge in [0.2, 0.25) is 0 Å². The number of carbonyl (C=O) groups is 2. The van der Waals surface area contributed by atoms with Crippen LogP contribution in [0, 0.1) is 35.5 Å². The van der Waals surface area contributed by atoms with Gasteiger partial charge < -0.3 is 15.0 Å². The van der Waals surface area contributed by atoms with Gasteiger partial charge in [-0.1, -0.05) is 11.8 Å². The third-order valence-electron chi connectivity index (χ3n) is 4.91. The zero-order valence-corrected chi connectivity index (χ0v) is 17.3. The lowest BCUT2D eigenvalue weighted by Gasteiger charge is -2.33. The second-order valence-corrected chi connectivity index (χ2v) is 9.28. The number of nitrogens with one attached hydrogen (secondary N) is 2. The monoisotopic (exact) mass is 416 g/mol. The minimum Gasteiger partial charge on any atom is -0.616 e. The SMILES string of the molecule is C[S+]([O-])C(C)(C)[C@H](NC(=O)c1ccc(C#CC#C[C@@H]2C[C@H]2CO)cc1)C(=O)NO. The van der Waals surface area contributed by atoms with Crippen LogP contribution < -0.4 is 10.8 Å². The van der Waals surface area contributed by atoms with E-state index in [0.717, 1.165) is 6.42 Å². The van der Waals surface area contributed by atoms with E-state index in [1.54, 1.807) is 38.1 Å². The molecule has 1 aromatic rings. The van der Waals surface area contributed by atoms with Crippen LogP contribution in [0.25, 0.3) is 0 Å². The Hall–Kier alpha value is -2.49. The molecule has 0 spiro atoms. The molecule has 1 saturated carbocycles. The number of rotatable bonds is 6. The Morgan fingerprint density at radius 2 is 1.97 bits per heavy atom. The molecule has 29 heavy (non-hydrogen) atoms. The Morgan fingerprint density at radius 3 is 2.48 bits per heavy atom. The van der Waals surface area contributed by atoms with Crippen molar-refractivity contribution in [2.75, 3.05) is 12.9 Å². The molecule has 0 aliphatic heterocycles. The molecule has 0 radical (unpaired) electrons. The maximum atomic E-state index is 12.5. The molecule has 2 rings (SSSR count). The molecular weight excluding hydrogens is 392 g/mol. The van der Waals surface area contributed by atoms with Crippen LogP contribution in [0.5, 0.6) is 0 Å². The summed E-state index contributed by atoms with van der Waals surface area (Å²) in [4.78, 5) is 24.5. The second-order valence-electron chi connectivity index (χ2n) is 7.32. The molecular formula is C21H24N2O5S. The summed E-state index contributed by atoms with van der Waals surface area (Å²) in [6.07, 6.45) is 2.33. The molecule has 8 heteroatoms. The molecule has 154 valence electrons. The summed E-state index contributed by atoms with van der Waals surface area (Å²) < 4.78 is 10.9. The molecule has 7 nitrogen and oxygen atoms in total. The predicted molar refractivity (Wildman–Crippen MR) is 109 cm³/mol. The molecule has 0 bridgehead atoms. The highest BCUT2D eigenvalue weighted by Gasteiger charge is 2.44. The second kappa shape index (κ2) is 9.82. The van der Waals surface area contributed by atoms with E-state index in [2.05, 4.69) is 29.0 Å². The van der Waals surface area contributed by atoms with E-state index in [9.17, 15) is 14.1 Å². The quantitative estimate of drug-likeness (QED) is 0.232. The van der Waals surface area contributed by atoms with Crippen LogP contribution in [0.4, 0.5) is 0 Å². The molecule has 4 atom stereocenters. The standard InChI is InChI=1S/C21H24N2O5S/c1-21(2,29(3)28)18(20(26)23-27)22-19(25)15-10-8-14(9-11-15)6-4-5-7-16-12-17(16)13-24/h8-11,16-18,24,27H,12-13H2,1-3H3,(H,22,25)(H,23,26)/t16-,17+,18-,29?/m1/s1. The summed E-state index contributed by atoms with van der Waals surface area (Å²) in [7, 11) is 0. The Bertz CT molecular complexity index is 874. The van der Waals surface area contributed by atoms with E-state index in [1.807, 2.05) is 0 Å². The number of amides is 2. The molecule has 1 fully saturated rings. The molecule has 4 N–H and O–H groups in total. The fourth-order valence-electron chi connectivity index (χ4n) is 2.56. The van der Waals surface area contributed by atoms with Crippen molar-refractivity contribution in [3.05, 3.63) is 35.4 Å². The van der Waals surface area contributed by atoms with Crippen molar-refractivity contribution >= 4 is 23.0 Å². The van der Waals surface area contributed by atoms with Crippen LogP contribution in [0.15, 0.2) is 24.3 Å². The zero-order chi connectivity index (χ0) is 21.6. The van der Waals surface area contributed by atoms with Gasteiger partial charge in [0.05, 0.1) is 6.26 Å². The van der Waals surface area contributed by atoms with Gasteiger partial charge in [-0.3, -0.25) is 14.8 Å². The number of hydrogen-bond donors (Lipinski definition) is 4. The fraction of sp³-hybridized carbons (Fsp3) is 0.429. The van der Waals surface area contributed by atoms with Crippen molar-refractivity contribution in [1.82, 2.24) is 10.8 Å². The predicted octanol–water partition coefficient (Wildman–Crippen LogP) is 0.431. The molecule has 0 aromatic heterocycles. The normalized spacial score (nSPS) is 19.5. The topological polar surface area (TPSA) is 122 Å². The first-order chi connectivity index (χ1) is 13.7. The van der Waals surface area contributed by atoms with Gasteiger partial charge in [-0.05, 0) is 73.5 Å². The van der Waals surface area contributed by atoms with Gasteiger partial charge in [-0.25, -0.2) is 5.48 Å². The van der Waals surface area contributed by atoms with Gasteiger partial charge in [-0.2, -0.15) is 0 Å². The third-order valence-corrected chi connectivity index (χ3v) is 6.63. The van der Waals surface area contributed by atoms with Crippen LogP contribution in [0.2, 0.25) is 0 Å². The molecule has 2 amide bonds. The van der Waals surface area contributed by atoms with Gasteiger partial charge in [0, 0.05) is 23.7 Å². The van der Waals surface area contributed by atoms with E-state index in [1.165, 1.54) is 11.7 Å². The smallest absolute Gasteiger partial charge is 0.271 e. The van der Waals surface area contributed by atoms with Crippen LogP contribution >= 0.6 is 0 Å². The summed E-state index contributed by atoms with van der Waals surface area (Å²) in [5.41, 5.74) is 2.47. The van der Waals surface area contributed by atoms with Gasteiger partial charge in [-0.15, -0.1) is 0 Å². The Kier molecular flexibility index (Phi) is 7.72. The lowest BCUT2D eigenvalue weighted by molar-refractivity contribution is -0.131. The molecule has 1 aliphatic rings. The van der Waals surface area contributed by atoms with E-state index >= 15 is 0 Å². The van der Waals surface area contributed by atoms with E-state index < -0.39 is 33.8 Å². The lowest BCUT2D eigenvalue weighted by Crippen LogP contribution is -2.60. The number of carbonyl (C=O) groups excluding carboxylic acids is 2. The van der Waals surface area contributed by atoms with Crippen molar-refractivity contribution in [3.8, 4) is 23.7 Å². The largest absolute Gasteiger partial charge is 0.616 e. The molecule has 0 heterocycles. The van der Waals surface area contributed by atoms with Crippen LogP contribution in [-0.4, -0.2) is 50.3 Å². The Labute approximate surface area is 173 Å². The molecule has 1 aliphatic carbocycles. The number of hydroxylamine groups is 1. The zero-order valence-electron chi connectivity index (χ0n) is 16.5. The van der Waals surface area contributed by atoms with Gasteiger partial charge in [0.15, 0.2) is 6.04 Å². The van der Waals surface area contributed by atoms with Gasteiger partial charge in [0.1, 0.15) is 4.75 Å². The summed E-state index contributed by atoms with van der Waals surface area (Å²) >= 11 is -1.44. The summed E-state index contributed by atoms with van der Waals surface area (Å²) in [5, 5.41) is 20.4. The number of hydrogen-bond acceptors (Lipinski definition) is 5. The minimum atomic E-state index is -1.44. The van der Waals surface area contributed by atoms with Crippen LogP contribution in [0.1, 0.15) is 36.2 Å². The fourth-order valence-corrected chi connectivity index (χ4v) is 3.06. The van der Waals surface area contributed by atoms with Crippen molar-refractivity contribution in [1.29, 1.82) is 0 Å². The number of aliphatic hydroxyl groups is 1. The average Bonchev–Trinajstić information content (AvgIpc) is 3.47. The van der Waals surface area contributed by atoms with Crippen molar-refractivity contribution in [2.45, 2.75) is 31.1 Å². The molecule has 1 unspecified atom stereocenters. The first-order valence-corrected chi connectivity index (χ1v) is 10.6. The maximum absolute atomic E-state index is 12.5. The maximum Gasteiger partial charge on any atom is 0.271 e. The highest BCUT2D eigenvalue weighted by atomic mass is 32.2. The van der Waals surface area contributed by atoms with Gasteiger partial charge in [0.25, 0.3) is 11.8 Å². The van der Waals surface area contributed by atoms with E-state index in [0.29, 0.717) is 11.1 Å². The number of benzene rings is 1. The van der Waals surface area contributed by atoms with Crippen LogP contribution in [-0.2, 0) is 16.0 Å². The summed E-state index contributed by atoms with van der Waals surface area (Å²) in [6, 6.07) is 5.23. The highest BCUT2D eigenvalue weighted by molar-refractivity contribution is 7.92. The van der Waals surface area contributed by atoms with Crippen LogP contribution in [0.3, 0.4) is 0 Å².